The maximum absolute atomic E-state index is 10.4. The second-order valence-corrected chi connectivity index (χ2v) is 3.02. The summed E-state index contributed by atoms with van der Waals surface area (Å²) in [4.78, 5) is 20.6. The van der Waals surface area contributed by atoms with Gasteiger partial charge in [-0.1, -0.05) is 0 Å². The molecule has 0 saturated heterocycles. The van der Waals surface area contributed by atoms with E-state index in [0.29, 0.717) is 11.7 Å². The smallest absolute Gasteiger partial charge is 0.130 e. The van der Waals surface area contributed by atoms with Crippen molar-refractivity contribution in [3.8, 4) is 0 Å². The minimum atomic E-state index is -2.27. The van der Waals surface area contributed by atoms with Gasteiger partial charge in [-0.15, -0.1) is 0 Å². The lowest BCUT2D eigenvalue weighted by atomic mass is 10.1. The lowest BCUT2D eigenvalue weighted by molar-refractivity contribution is -0.318. The Labute approximate surface area is 86.8 Å². The molecule has 9 heteroatoms. The van der Waals surface area contributed by atoms with Gasteiger partial charge in [0, 0.05) is 0 Å². The van der Waals surface area contributed by atoms with E-state index >= 15 is 0 Å². The molecule has 8 nitrogen and oxygen atoms in total. The van der Waals surface area contributed by atoms with Crippen molar-refractivity contribution in [2.45, 2.75) is 12.2 Å². The molecule has 0 unspecified atom stereocenters. The third-order valence-corrected chi connectivity index (χ3v) is 2.07. The van der Waals surface area contributed by atoms with Gasteiger partial charge in [0.15, 0.2) is 0 Å². The second kappa shape index (κ2) is 4.29. The molecule has 0 radical (unpaired) electrons. The van der Waals surface area contributed by atoms with Crippen LogP contribution in [0.2, 0.25) is 0 Å². The number of carbonyl (C=O) groups is 2. The average molecular weight is 232 g/mol. The van der Waals surface area contributed by atoms with Gasteiger partial charge in [-0.25, -0.2) is 0 Å². The molecular formula is C6H4N2O6S-2. The Morgan fingerprint density at radius 3 is 2.33 bits per heavy atom. The number of nitrogens with zero attached hydrogens (tertiary/aromatic N) is 2. The number of carboxylic acid groups (broad SMARTS) is 2. The van der Waals surface area contributed by atoms with Crippen molar-refractivity contribution in [2.24, 2.45) is 0 Å². The molecular weight excluding hydrogens is 228 g/mol. The summed E-state index contributed by atoms with van der Waals surface area (Å²) >= 11 is 0.447. The van der Waals surface area contributed by atoms with E-state index in [1.807, 2.05) is 0 Å². The summed E-state index contributed by atoms with van der Waals surface area (Å²) in [6.45, 7) is 0. The third kappa shape index (κ3) is 2.26. The van der Waals surface area contributed by atoms with Gasteiger partial charge in [0.05, 0.1) is 23.7 Å². The first-order valence-corrected chi connectivity index (χ1v) is 4.29. The van der Waals surface area contributed by atoms with Crippen molar-refractivity contribution in [1.29, 1.82) is 0 Å². The lowest BCUT2D eigenvalue weighted by Crippen LogP contribution is -2.40. The van der Waals surface area contributed by atoms with Crippen molar-refractivity contribution in [3.63, 3.8) is 0 Å². The summed E-state index contributed by atoms with van der Waals surface area (Å²) in [7, 11) is 0. The third-order valence-electron chi connectivity index (χ3n) is 1.53. The Hall–Kier alpha value is -1.58. The number of aromatic carboxylic acids is 1. The monoisotopic (exact) mass is 232 g/mol. The number of rotatable bonds is 4. The highest BCUT2D eigenvalue weighted by atomic mass is 32.1. The summed E-state index contributed by atoms with van der Waals surface area (Å²) < 4.78 is 6.61. The maximum atomic E-state index is 10.4. The minimum Gasteiger partial charge on any atom is -0.547 e. The molecule has 0 aliphatic carbocycles. The van der Waals surface area contributed by atoms with Gasteiger partial charge in [0.1, 0.15) is 23.6 Å². The fourth-order valence-electron chi connectivity index (χ4n) is 0.810. The Kier molecular flexibility index (Phi) is 3.29. The number of hydrogen-bond acceptors (Lipinski definition) is 9. The number of aliphatic hydroxyl groups excluding tert-OH is 2. The van der Waals surface area contributed by atoms with Crippen molar-refractivity contribution < 1.29 is 30.0 Å². The van der Waals surface area contributed by atoms with Crippen molar-refractivity contribution in [1.82, 2.24) is 8.75 Å². The molecule has 0 bridgehead atoms. The standard InChI is InChI=1S/C6H6N2O6S/c9-3(4(10)6(13)14)1-2(5(11)12)8-15-7-1/h3-4,9-10H,(H,11,12)(H,13,14)/p-2/t3-,4+/m0/s1. The van der Waals surface area contributed by atoms with Gasteiger partial charge in [-0.2, -0.15) is 8.75 Å². The highest BCUT2D eigenvalue weighted by molar-refractivity contribution is 6.99. The fourth-order valence-corrected chi connectivity index (χ4v) is 1.38. The zero-order chi connectivity index (χ0) is 11.6. The van der Waals surface area contributed by atoms with Crippen LogP contribution < -0.4 is 10.2 Å². The summed E-state index contributed by atoms with van der Waals surface area (Å²) in [5, 5.41) is 38.7. The first kappa shape index (κ1) is 11.5. The number of aliphatic hydroxyl groups is 2. The van der Waals surface area contributed by atoms with E-state index in [1.165, 1.54) is 0 Å². The molecule has 2 atom stereocenters. The van der Waals surface area contributed by atoms with Gasteiger partial charge in [0.2, 0.25) is 0 Å². The normalized spacial score (nSPS) is 14.5. The fraction of sp³-hybridized carbons (Fsp3) is 0.333. The van der Waals surface area contributed by atoms with E-state index in [2.05, 4.69) is 8.75 Å². The molecule has 15 heavy (non-hydrogen) atoms. The lowest BCUT2D eigenvalue weighted by Gasteiger charge is -2.17. The Bertz CT molecular complexity index is 391. The highest BCUT2D eigenvalue weighted by Crippen LogP contribution is 2.18. The van der Waals surface area contributed by atoms with Crippen LogP contribution in [-0.4, -0.2) is 37.0 Å². The second-order valence-electron chi connectivity index (χ2n) is 2.49. The summed E-state index contributed by atoms with van der Waals surface area (Å²) in [6.07, 6.45) is -4.28. The molecule has 0 spiro atoms. The van der Waals surface area contributed by atoms with Crippen molar-refractivity contribution in [3.05, 3.63) is 11.4 Å². The molecule has 0 saturated carbocycles. The summed E-state index contributed by atoms with van der Waals surface area (Å²) in [5.41, 5.74) is -1.26. The largest absolute Gasteiger partial charge is 0.547 e. The van der Waals surface area contributed by atoms with Crippen LogP contribution in [0.3, 0.4) is 0 Å². The molecule has 0 fully saturated rings. The van der Waals surface area contributed by atoms with Crippen LogP contribution in [0.25, 0.3) is 0 Å². The zero-order valence-electron chi connectivity index (χ0n) is 6.98. The molecule has 1 rings (SSSR count). The topological polar surface area (TPSA) is 146 Å². The molecule has 1 heterocycles. The molecule has 1 aromatic rings. The predicted molar refractivity (Wildman–Crippen MR) is 40.2 cm³/mol. The molecule has 0 aliphatic rings. The number of aromatic nitrogens is 2. The predicted octanol–water partition coefficient (Wildman–Crippen LogP) is -3.95. The van der Waals surface area contributed by atoms with Crippen LogP contribution in [0.1, 0.15) is 22.3 Å². The van der Waals surface area contributed by atoms with Gasteiger partial charge in [-0.3, -0.25) is 0 Å². The molecule has 1 aromatic heterocycles. The number of hydrogen-bond donors (Lipinski definition) is 2. The number of carboxylic acids is 2. The van der Waals surface area contributed by atoms with Crippen LogP contribution in [0.4, 0.5) is 0 Å². The number of aliphatic carboxylic acids is 1. The van der Waals surface area contributed by atoms with Crippen LogP contribution in [0.15, 0.2) is 0 Å². The van der Waals surface area contributed by atoms with E-state index in [9.17, 15) is 24.9 Å². The molecule has 2 N–H and O–H groups in total. The summed E-state index contributed by atoms with van der Waals surface area (Å²) in [6, 6.07) is 0. The molecule has 0 aliphatic heterocycles. The Balaban J connectivity index is 3.00. The molecule has 0 amide bonds. The van der Waals surface area contributed by atoms with E-state index in [4.69, 9.17) is 5.11 Å². The van der Waals surface area contributed by atoms with E-state index in [1.54, 1.807) is 0 Å². The SMILES string of the molecule is O=C([O-])c1nsnc1[C@H](O)[C@@H](O)C(=O)[O-]. The Morgan fingerprint density at radius 1 is 1.27 bits per heavy atom. The van der Waals surface area contributed by atoms with Crippen molar-refractivity contribution >= 4 is 23.7 Å². The zero-order valence-corrected chi connectivity index (χ0v) is 7.80. The van der Waals surface area contributed by atoms with E-state index in [0.717, 1.165) is 0 Å². The van der Waals surface area contributed by atoms with Crippen LogP contribution in [0, 0.1) is 0 Å². The summed E-state index contributed by atoms with van der Waals surface area (Å²) in [5.74, 6) is -3.66. The van der Waals surface area contributed by atoms with Crippen LogP contribution in [0.5, 0.6) is 0 Å². The van der Waals surface area contributed by atoms with Crippen molar-refractivity contribution in [2.75, 3.05) is 0 Å². The van der Waals surface area contributed by atoms with Gasteiger partial charge < -0.3 is 30.0 Å². The molecule has 0 aromatic carbocycles. The first-order valence-electron chi connectivity index (χ1n) is 3.56. The quantitative estimate of drug-likeness (QED) is 0.534. The van der Waals surface area contributed by atoms with E-state index in [-0.39, 0.29) is 0 Å². The van der Waals surface area contributed by atoms with Gasteiger partial charge in [-0.05, 0) is 0 Å². The molecule has 82 valence electrons. The maximum Gasteiger partial charge on any atom is 0.130 e. The average Bonchev–Trinajstić information content (AvgIpc) is 2.63. The minimum absolute atomic E-state index is 0.447. The van der Waals surface area contributed by atoms with Crippen LogP contribution >= 0.6 is 11.7 Å². The number of carbonyl (C=O) groups excluding carboxylic acids is 2. The van der Waals surface area contributed by atoms with E-state index < -0.39 is 35.5 Å². The van der Waals surface area contributed by atoms with Gasteiger partial charge in [0.25, 0.3) is 0 Å². The Morgan fingerprint density at radius 2 is 1.87 bits per heavy atom. The van der Waals surface area contributed by atoms with Crippen LogP contribution in [-0.2, 0) is 4.79 Å². The van der Waals surface area contributed by atoms with Gasteiger partial charge >= 0.3 is 0 Å². The first-order chi connectivity index (χ1) is 6.95. The highest BCUT2D eigenvalue weighted by Gasteiger charge is 2.25.